The highest BCUT2D eigenvalue weighted by Crippen LogP contribution is 2.62. The van der Waals surface area contributed by atoms with Gasteiger partial charge in [-0.25, -0.2) is 9.37 Å². The molecule has 35 heavy (non-hydrogen) atoms. The molecule has 1 aromatic carbocycles. The summed E-state index contributed by atoms with van der Waals surface area (Å²) in [6, 6.07) is 7.59. The van der Waals surface area contributed by atoms with Gasteiger partial charge in [0, 0.05) is 42.2 Å². The molecule has 0 aliphatic carbocycles. The van der Waals surface area contributed by atoms with Crippen molar-refractivity contribution in [2.75, 3.05) is 19.0 Å². The number of aromatic amines is 1. The summed E-state index contributed by atoms with van der Waals surface area (Å²) in [6.07, 6.45) is 4.43. The van der Waals surface area contributed by atoms with Crippen molar-refractivity contribution in [3.63, 3.8) is 0 Å². The number of amides is 1. The van der Waals surface area contributed by atoms with E-state index in [9.17, 15) is 9.59 Å². The molecule has 2 aromatic heterocycles. The van der Waals surface area contributed by atoms with E-state index >= 15 is 4.39 Å². The number of halogens is 2. The fourth-order valence-electron chi connectivity index (χ4n) is 5.62. The van der Waals surface area contributed by atoms with Crippen LogP contribution in [0.2, 0.25) is 5.02 Å². The van der Waals surface area contributed by atoms with Crippen LogP contribution in [0, 0.1) is 11.2 Å². The van der Waals surface area contributed by atoms with Crippen molar-refractivity contribution in [2.45, 2.75) is 24.9 Å². The van der Waals surface area contributed by atoms with Gasteiger partial charge in [0.05, 0.1) is 35.3 Å². The topological polar surface area (TPSA) is 106 Å². The molecule has 0 radical (unpaired) electrons. The summed E-state index contributed by atoms with van der Waals surface area (Å²) in [5.74, 6) is -0.273. The molecule has 6 heterocycles. The van der Waals surface area contributed by atoms with Crippen molar-refractivity contribution in [3.8, 4) is 17.0 Å². The zero-order valence-corrected chi connectivity index (χ0v) is 19.3. The van der Waals surface area contributed by atoms with Crippen LogP contribution in [-0.2, 0) is 21.1 Å². The molecule has 7 rings (SSSR count). The minimum atomic E-state index is -0.631. The fraction of sp³-hybridized carbons (Fsp3) is 0.292. The first-order chi connectivity index (χ1) is 16.9. The molecule has 0 spiro atoms. The molecular weight excluding hydrogens is 479 g/mol. The highest BCUT2D eigenvalue weighted by molar-refractivity contribution is 6.33. The van der Waals surface area contributed by atoms with Gasteiger partial charge in [-0.1, -0.05) is 11.6 Å². The Morgan fingerprint density at radius 3 is 2.94 bits per heavy atom. The smallest absolute Gasteiger partial charge is 0.259 e. The number of hydrogen-bond acceptors (Lipinski definition) is 7. The molecule has 3 saturated heterocycles. The predicted octanol–water partition coefficient (Wildman–Crippen LogP) is 3.41. The van der Waals surface area contributed by atoms with Crippen molar-refractivity contribution >= 4 is 23.2 Å². The number of benzene rings is 1. The molecule has 4 bridgehead atoms. The van der Waals surface area contributed by atoms with Crippen LogP contribution in [0.5, 0.6) is 5.88 Å². The molecule has 3 atom stereocenters. The van der Waals surface area contributed by atoms with E-state index < -0.39 is 11.2 Å². The highest BCUT2D eigenvalue weighted by atomic mass is 35.5. The van der Waals surface area contributed by atoms with Gasteiger partial charge in [0.2, 0.25) is 11.5 Å². The second-order valence-corrected chi connectivity index (χ2v) is 9.36. The Labute approximate surface area is 203 Å². The first kappa shape index (κ1) is 22.0. The number of nitrogens with zero attached hydrogens (tertiary/aromatic N) is 2. The number of carbonyl (C=O) groups excluding carboxylic acids is 1. The normalized spacial score (nSPS) is 23.6. The number of fused-ring (bicyclic) bond motifs is 1. The highest BCUT2D eigenvalue weighted by Gasteiger charge is 2.70. The maximum atomic E-state index is 15.1. The second kappa shape index (κ2) is 8.04. The number of β-lactam (4-membered cyclic amide) rings is 1. The summed E-state index contributed by atoms with van der Waals surface area (Å²) < 4.78 is 15.1. The van der Waals surface area contributed by atoms with Crippen molar-refractivity contribution in [1.82, 2.24) is 14.9 Å². The van der Waals surface area contributed by atoms with Crippen LogP contribution < -0.4 is 15.8 Å². The van der Waals surface area contributed by atoms with Crippen LogP contribution in [0.25, 0.3) is 11.1 Å². The van der Waals surface area contributed by atoms with E-state index in [2.05, 4.69) is 25.2 Å². The molecule has 9 nitrogen and oxygen atoms in total. The third-order valence-electron chi connectivity index (χ3n) is 7.23. The van der Waals surface area contributed by atoms with Gasteiger partial charge in [-0.15, -0.1) is 0 Å². The maximum Gasteiger partial charge on any atom is 0.259 e. The lowest BCUT2D eigenvalue weighted by molar-refractivity contribution is -0.454. The quantitative estimate of drug-likeness (QED) is 0.292. The average molecular weight is 499 g/mol. The summed E-state index contributed by atoms with van der Waals surface area (Å²) in [4.78, 5) is 42.6. The Hall–Kier alpha value is -3.47. The molecule has 3 fully saturated rings. The van der Waals surface area contributed by atoms with Gasteiger partial charge in [-0.3, -0.25) is 14.5 Å². The first-order valence-corrected chi connectivity index (χ1v) is 11.4. The van der Waals surface area contributed by atoms with E-state index in [0.717, 1.165) is 11.1 Å². The number of pyridine rings is 2. The Bertz CT molecular complexity index is 1400. The van der Waals surface area contributed by atoms with E-state index in [-0.39, 0.29) is 41.7 Å². The summed E-state index contributed by atoms with van der Waals surface area (Å²) in [5, 5.41) is 7.81. The van der Waals surface area contributed by atoms with Crippen LogP contribution in [0.4, 0.5) is 10.1 Å². The second-order valence-electron chi connectivity index (χ2n) is 8.95. The van der Waals surface area contributed by atoms with Crippen molar-refractivity contribution in [1.29, 1.82) is 0 Å². The molecule has 1 amide bonds. The summed E-state index contributed by atoms with van der Waals surface area (Å²) >= 11 is 6.47. The largest absolute Gasteiger partial charge is 0.381 e. The number of aromatic nitrogens is 2. The zero-order valence-electron chi connectivity index (χ0n) is 18.5. The molecule has 2 unspecified atom stereocenters. The van der Waals surface area contributed by atoms with Gasteiger partial charge in [0.15, 0.2) is 0 Å². The summed E-state index contributed by atoms with van der Waals surface area (Å²) in [5.41, 5.74) is 2.46. The molecule has 2 N–H and O–H groups in total. The molecule has 0 saturated carbocycles. The number of hydrogen-bond donors (Lipinski definition) is 2. The van der Waals surface area contributed by atoms with E-state index in [4.69, 9.17) is 16.5 Å². The Kier molecular flexibility index (Phi) is 5.06. The van der Waals surface area contributed by atoms with E-state index in [1.807, 2.05) is 4.90 Å². The van der Waals surface area contributed by atoms with Crippen LogP contribution in [0.15, 0.2) is 47.5 Å². The van der Waals surface area contributed by atoms with Gasteiger partial charge in [-0.2, -0.15) is 4.89 Å². The SMILES string of the molecule is COOOc1ccc(-c2cc(F)c(NCC34CC5c6c[nH]c(=O)cc6C[C@H]3N5C4=O)cc2Cl)cn1. The van der Waals surface area contributed by atoms with Crippen LogP contribution >= 0.6 is 11.6 Å². The van der Waals surface area contributed by atoms with E-state index in [1.54, 1.807) is 18.3 Å². The van der Waals surface area contributed by atoms with E-state index in [0.29, 0.717) is 29.0 Å². The molecule has 3 aromatic rings. The number of rotatable bonds is 7. The van der Waals surface area contributed by atoms with Gasteiger partial charge < -0.3 is 15.2 Å². The Morgan fingerprint density at radius 1 is 1.31 bits per heavy atom. The van der Waals surface area contributed by atoms with Crippen LogP contribution in [0.3, 0.4) is 0 Å². The predicted molar refractivity (Wildman–Crippen MR) is 123 cm³/mol. The van der Waals surface area contributed by atoms with E-state index in [1.165, 1.54) is 31.5 Å². The lowest BCUT2D eigenvalue weighted by atomic mass is 9.71. The molecule has 4 aliphatic heterocycles. The lowest BCUT2D eigenvalue weighted by Crippen LogP contribution is -2.66. The fourth-order valence-corrected chi connectivity index (χ4v) is 5.89. The number of nitrogens with one attached hydrogen (secondary N) is 2. The van der Waals surface area contributed by atoms with Crippen LogP contribution in [-0.4, -0.2) is 40.5 Å². The third kappa shape index (κ3) is 3.32. The summed E-state index contributed by atoms with van der Waals surface area (Å²) in [7, 11) is 1.29. The first-order valence-electron chi connectivity index (χ1n) is 11.0. The van der Waals surface area contributed by atoms with Gasteiger partial charge in [0.1, 0.15) is 5.82 Å². The minimum Gasteiger partial charge on any atom is -0.381 e. The third-order valence-corrected chi connectivity index (χ3v) is 7.54. The van der Waals surface area contributed by atoms with Crippen molar-refractivity contribution < 1.29 is 24.0 Å². The molecule has 180 valence electrons. The monoisotopic (exact) mass is 498 g/mol. The average Bonchev–Trinajstić information content (AvgIpc) is 3.30. The molecule has 11 heteroatoms. The number of anilines is 1. The van der Waals surface area contributed by atoms with Gasteiger partial charge in [-0.05, 0) is 47.2 Å². The number of H-pyrrole nitrogens is 1. The van der Waals surface area contributed by atoms with Gasteiger partial charge in [0.25, 0.3) is 5.88 Å². The van der Waals surface area contributed by atoms with Crippen molar-refractivity contribution in [3.05, 3.63) is 75.0 Å². The Balaban J connectivity index is 1.21. The minimum absolute atomic E-state index is 0.00602. The van der Waals surface area contributed by atoms with Crippen LogP contribution in [0.1, 0.15) is 23.6 Å². The maximum absolute atomic E-state index is 15.1. The molecular formula is C24H20ClFN4O5. The zero-order chi connectivity index (χ0) is 24.3. The lowest BCUT2D eigenvalue weighted by Gasteiger charge is -2.51. The molecule has 4 aliphatic rings. The van der Waals surface area contributed by atoms with Crippen molar-refractivity contribution in [2.24, 2.45) is 5.41 Å². The summed E-state index contributed by atoms with van der Waals surface area (Å²) in [6.45, 7) is 0.283. The Morgan fingerprint density at radius 2 is 2.17 bits per heavy atom. The number of carbonyl (C=O) groups is 1. The standard InChI is InChI=1S/C24H20ClFN4O5/c1-33-35-34-22-3-2-12(9-28-22)14-6-17(26)18(7-16(14)25)29-11-24-8-19-15-10-27-21(31)5-13(15)4-20(24)30(19)23(24)32/h2-3,5-7,9-10,19-20,29H,4,8,11H2,1H3,(H,27,31)/t19?,20-,24?/m1/s1. The van der Waals surface area contributed by atoms with Gasteiger partial charge >= 0.3 is 0 Å².